The molecule has 4 aromatic carbocycles. The Bertz CT molecular complexity index is 1300. The molecular weight excluding hydrogens is 386 g/mol. The topological polar surface area (TPSA) is 4.93 Å². The van der Waals surface area contributed by atoms with Crippen molar-refractivity contribution in [3.63, 3.8) is 0 Å². The molecule has 1 nitrogen and oxygen atoms in total. The van der Waals surface area contributed by atoms with E-state index in [-0.39, 0.29) is 0 Å². The predicted molar refractivity (Wildman–Crippen MR) is 136 cm³/mol. The number of rotatable bonds is 1. The molecule has 0 saturated heterocycles. The van der Waals surface area contributed by atoms with Crippen LogP contribution in [-0.2, 0) is 7.05 Å². The van der Waals surface area contributed by atoms with E-state index in [4.69, 9.17) is 11.6 Å². The number of fused-ring (bicyclic) bond motifs is 6. The molecule has 0 fully saturated rings. The standard InChI is InChI=1S/C24H18ClN.2C2H6/c1-15-22-19-13-12-17(25)14-21(19)18-10-6-7-11-20(18)24(22)26(2)23(15)16-8-4-3-5-9-16;2*1-2/h3-14H,1-2H3;2*1-2H3. The van der Waals surface area contributed by atoms with E-state index in [1.165, 1.54) is 49.3 Å². The van der Waals surface area contributed by atoms with Crippen LogP contribution in [0.25, 0.3) is 43.7 Å². The summed E-state index contributed by atoms with van der Waals surface area (Å²) >= 11 is 6.34. The monoisotopic (exact) mass is 415 g/mol. The van der Waals surface area contributed by atoms with Crippen molar-refractivity contribution in [2.24, 2.45) is 7.05 Å². The van der Waals surface area contributed by atoms with Gasteiger partial charge in [0, 0.05) is 22.8 Å². The Morgan fingerprint density at radius 3 is 1.93 bits per heavy atom. The molecule has 0 saturated carbocycles. The van der Waals surface area contributed by atoms with Gasteiger partial charge in [0.1, 0.15) is 0 Å². The lowest BCUT2D eigenvalue weighted by Gasteiger charge is -2.10. The Morgan fingerprint density at radius 2 is 1.27 bits per heavy atom. The van der Waals surface area contributed by atoms with E-state index in [1.54, 1.807) is 0 Å². The largest absolute Gasteiger partial charge is 0.343 e. The maximum atomic E-state index is 6.34. The van der Waals surface area contributed by atoms with Crippen LogP contribution >= 0.6 is 11.6 Å². The van der Waals surface area contributed by atoms with Crippen molar-refractivity contribution in [2.45, 2.75) is 34.6 Å². The molecule has 1 heterocycles. The number of hydrogen-bond acceptors (Lipinski definition) is 0. The molecule has 154 valence electrons. The lowest BCUT2D eigenvalue weighted by molar-refractivity contribution is 0.977. The molecule has 30 heavy (non-hydrogen) atoms. The maximum absolute atomic E-state index is 6.34. The van der Waals surface area contributed by atoms with Crippen molar-refractivity contribution >= 4 is 44.0 Å². The van der Waals surface area contributed by atoms with Gasteiger partial charge in [-0.2, -0.15) is 0 Å². The summed E-state index contributed by atoms with van der Waals surface area (Å²) in [6, 6.07) is 25.5. The van der Waals surface area contributed by atoms with E-state index >= 15 is 0 Å². The summed E-state index contributed by atoms with van der Waals surface area (Å²) in [5, 5.41) is 7.09. The molecule has 0 aliphatic rings. The zero-order chi connectivity index (χ0) is 21.8. The van der Waals surface area contributed by atoms with Crippen molar-refractivity contribution in [3.8, 4) is 11.3 Å². The average Bonchev–Trinajstić information content (AvgIpc) is 3.07. The average molecular weight is 416 g/mol. The summed E-state index contributed by atoms with van der Waals surface area (Å²) < 4.78 is 2.34. The highest BCUT2D eigenvalue weighted by molar-refractivity contribution is 6.33. The van der Waals surface area contributed by atoms with E-state index in [0.717, 1.165) is 5.02 Å². The van der Waals surface area contributed by atoms with Gasteiger partial charge in [-0.1, -0.05) is 100.0 Å². The fourth-order valence-electron chi connectivity index (χ4n) is 4.36. The van der Waals surface area contributed by atoms with Crippen molar-refractivity contribution < 1.29 is 0 Å². The van der Waals surface area contributed by atoms with Crippen LogP contribution in [0.4, 0.5) is 0 Å². The normalized spacial score (nSPS) is 10.5. The van der Waals surface area contributed by atoms with Crippen molar-refractivity contribution in [3.05, 3.63) is 83.4 Å². The van der Waals surface area contributed by atoms with Gasteiger partial charge in [-0.25, -0.2) is 0 Å². The highest BCUT2D eigenvalue weighted by atomic mass is 35.5. The third kappa shape index (κ3) is 3.48. The van der Waals surface area contributed by atoms with Crippen LogP contribution < -0.4 is 0 Å². The summed E-state index contributed by atoms with van der Waals surface area (Å²) in [5.41, 5.74) is 5.11. The van der Waals surface area contributed by atoms with Crippen LogP contribution in [0.2, 0.25) is 5.02 Å². The second-order valence-electron chi connectivity index (χ2n) is 6.86. The van der Waals surface area contributed by atoms with E-state index in [9.17, 15) is 0 Å². The lowest BCUT2D eigenvalue weighted by Crippen LogP contribution is -1.93. The smallest absolute Gasteiger partial charge is 0.0571 e. The lowest BCUT2D eigenvalue weighted by atomic mass is 9.96. The predicted octanol–water partition coefficient (Wildman–Crippen LogP) is 9.17. The van der Waals surface area contributed by atoms with E-state index in [2.05, 4.69) is 85.3 Å². The van der Waals surface area contributed by atoms with Crippen LogP contribution in [0.5, 0.6) is 0 Å². The zero-order valence-electron chi connectivity index (χ0n) is 18.8. The number of aryl methyl sites for hydroxylation is 2. The molecule has 0 spiro atoms. The van der Waals surface area contributed by atoms with Crippen LogP contribution in [0, 0.1) is 6.92 Å². The van der Waals surface area contributed by atoms with Crippen LogP contribution in [0.3, 0.4) is 0 Å². The molecule has 2 heteroatoms. The maximum Gasteiger partial charge on any atom is 0.0571 e. The highest BCUT2D eigenvalue weighted by Crippen LogP contribution is 2.42. The SMILES string of the molecule is CC.CC.Cc1c(-c2ccccc2)n(C)c2c3ccccc3c3cc(Cl)ccc3c12. The third-order valence-corrected chi connectivity index (χ3v) is 5.64. The second-order valence-corrected chi connectivity index (χ2v) is 7.29. The number of halogens is 1. The molecule has 0 atom stereocenters. The number of aromatic nitrogens is 1. The second kappa shape index (κ2) is 9.36. The van der Waals surface area contributed by atoms with Gasteiger partial charge in [-0.05, 0) is 46.3 Å². The minimum absolute atomic E-state index is 0.777. The summed E-state index contributed by atoms with van der Waals surface area (Å²) in [6.45, 7) is 10.2. The molecule has 5 rings (SSSR count). The minimum Gasteiger partial charge on any atom is -0.343 e. The molecule has 0 bridgehead atoms. The first-order valence-corrected chi connectivity index (χ1v) is 11.2. The summed E-state index contributed by atoms with van der Waals surface area (Å²) in [5.74, 6) is 0. The number of hydrogen-bond donors (Lipinski definition) is 0. The molecule has 5 aromatic rings. The van der Waals surface area contributed by atoms with E-state index in [1.807, 2.05) is 33.8 Å². The molecular formula is C28H30ClN. The Hall–Kier alpha value is -2.77. The Morgan fingerprint density at radius 1 is 0.667 bits per heavy atom. The van der Waals surface area contributed by atoms with Crippen molar-refractivity contribution in [1.82, 2.24) is 4.57 Å². The quantitative estimate of drug-likeness (QED) is 0.240. The fraction of sp³-hybridized carbons (Fsp3) is 0.214. The number of nitrogens with zero attached hydrogens (tertiary/aromatic N) is 1. The first kappa shape index (κ1) is 21.9. The molecule has 0 aliphatic heterocycles. The van der Waals surface area contributed by atoms with E-state index < -0.39 is 0 Å². The van der Waals surface area contributed by atoms with Gasteiger partial charge < -0.3 is 4.57 Å². The van der Waals surface area contributed by atoms with Gasteiger partial charge in [0.25, 0.3) is 0 Å². The van der Waals surface area contributed by atoms with Gasteiger partial charge in [-0.15, -0.1) is 0 Å². The van der Waals surface area contributed by atoms with Crippen LogP contribution in [-0.4, -0.2) is 4.57 Å². The number of benzene rings is 4. The Kier molecular flexibility index (Phi) is 6.84. The molecule has 0 radical (unpaired) electrons. The molecule has 1 aromatic heterocycles. The van der Waals surface area contributed by atoms with Crippen molar-refractivity contribution in [2.75, 3.05) is 0 Å². The zero-order valence-corrected chi connectivity index (χ0v) is 19.5. The summed E-state index contributed by atoms with van der Waals surface area (Å²) in [4.78, 5) is 0. The van der Waals surface area contributed by atoms with Crippen LogP contribution in [0.1, 0.15) is 33.3 Å². The molecule has 0 amide bonds. The van der Waals surface area contributed by atoms with Gasteiger partial charge in [-0.3, -0.25) is 0 Å². The Labute approximate surface area is 184 Å². The highest BCUT2D eigenvalue weighted by Gasteiger charge is 2.19. The fourth-order valence-corrected chi connectivity index (χ4v) is 4.53. The molecule has 0 N–H and O–H groups in total. The summed E-state index contributed by atoms with van der Waals surface area (Å²) in [6.07, 6.45) is 0. The van der Waals surface area contributed by atoms with Gasteiger partial charge >= 0.3 is 0 Å². The third-order valence-electron chi connectivity index (χ3n) is 5.41. The molecule has 0 unspecified atom stereocenters. The minimum atomic E-state index is 0.777. The summed E-state index contributed by atoms with van der Waals surface area (Å²) in [7, 11) is 2.17. The first-order valence-electron chi connectivity index (χ1n) is 10.8. The Balaban J connectivity index is 0.000000606. The first-order chi connectivity index (χ1) is 14.7. The van der Waals surface area contributed by atoms with Gasteiger partial charge in [0.15, 0.2) is 0 Å². The van der Waals surface area contributed by atoms with Gasteiger partial charge in [0.2, 0.25) is 0 Å². The van der Waals surface area contributed by atoms with Crippen molar-refractivity contribution in [1.29, 1.82) is 0 Å². The van der Waals surface area contributed by atoms with E-state index in [0.29, 0.717) is 0 Å². The molecule has 0 aliphatic carbocycles. The van der Waals surface area contributed by atoms with Crippen LogP contribution in [0.15, 0.2) is 72.8 Å². The van der Waals surface area contributed by atoms with Gasteiger partial charge in [0.05, 0.1) is 11.2 Å².